The summed E-state index contributed by atoms with van der Waals surface area (Å²) >= 11 is 0. The van der Waals surface area contributed by atoms with Crippen molar-refractivity contribution in [1.29, 1.82) is 0 Å². The van der Waals surface area contributed by atoms with Crippen molar-refractivity contribution < 1.29 is 9.90 Å². The molecule has 2 aromatic carbocycles. The maximum Gasteiger partial charge on any atom is 0.169 e. The molecule has 0 heterocycles. The van der Waals surface area contributed by atoms with Crippen LogP contribution in [-0.2, 0) is 5.60 Å². The SMILES string of the molecule is O=C(c1ccccc1)C1CCCCC1(O)c1ccccc1. The summed E-state index contributed by atoms with van der Waals surface area (Å²) in [7, 11) is 0. The second kappa shape index (κ2) is 5.82. The van der Waals surface area contributed by atoms with Gasteiger partial charge in [0.2, 0.25) is 0 Å². The van der Waals surface area contributed by atoms with E-state index in [1.54, 1.807) is 0 Å². The molecule has 2 heteroatoms. The first-order valence-corrected chi connectivity index (χ1v) is 7.59. The maximum atomic E-state index is 12.8. The zero-order valence-corrected chi connectivity index (χ0v) is 12.0. The van der Waals surface area contributed by atoms with Crippen LogP contribution in [0.1, 0.15) is 41.6 Å². The predicted molar refractivity (Wildman–Crippen MR) is 83.1 cm³/mol. The third-order valence-electron chi connectivity index (χ3n) is 4.53. The van der Waals surface area contributed by atoms with Crippen LogP contribution in [0, 0.1) is 5.92 Å². The second-order valence-electron chi connectivity index (χ2n) is 5.82. The van der Waals surface area contributed by atoms with Gasteiger partial charge >= 0.3 is 0 Å². The van der Waals surface area contributed by atoms with Crippen LogP contribution in [0.3, 0.4) is 0 Å². The number of carbonyl (C=O) groups excluding carboxylic acids is 1. The number of Topliss-reactive ketones (excluding diaryl/α,β-unsaturated/α-hetero) is 1. The number of ketones is 1. The van der Waals surface area contributed by atoms with Crippen molar-refractivity contribution in [1.82, 2.24) is 0 Å². The molecule has 0 spiro atoms. The smallest absolute Gasteiger partial charge is 0.169 e. The van der Waals surface area contributed by atoms with E-state index in [2.05, 4.69) is 0 Å². The Morgan fingerprint density at radius 2 is 1.57 bits per heavy atom. The zero-order chi connectivity index (χ0) is 14.7. The maximum absolute atomic E-state index is 12.8. The Balaban J connectivity index is 1.97. The molecule has 0 saturated heterocycles. The fourth-order valence-corrected chi connectivity index (χ4v) is 3.38. The molecule has 0 bridgehead atoms. The molecule has 2 unspecified atom stereocenters. The lowest BCUT2D eigenvalue weighted by atomic mass is 9.69. The van der Waals surface area contributed by atoms with Crippen LogP contribution in [0.5, 0.6) is 0 Å². The van der Waals surface area contributed by atoms with Crippen molar-refractivity contribution in [2.45, 2.75) is 31.3 Å². The number of rotatable bonds is 3. The summed E-state index contributed by atoms with van der Waals surface area (Å²) < 4.78 is 0. The Bertz CT molecular complexity index is 606. The molecule has 3 rings (SSSR count). The summed E-state index contributed by atoms with van der Waals surface area (Å²) in [6.07, 6.45) is 3.36. The molecule has 0 aromatic heterocycles. The van der Waals surface area contributed by atoms with E-state index in [-0.39, 0.29) is 11.7 Å². The first-order valence-electron chi connectivity index (χ1n) is 7.59. The predicted octanol–water partition coefficient (Wildman–Crippen LogP) is 3.95. The van der Waals surface area contributed by atoms with Gasteiger partial charge in [-0.15, -0.1) is 0 Å². The molecule has 21 heavy (non-hydrogen) atoms. The Morgan fingerprint density at radius 3 is 2.24 bits per heavy atom. The van der Waals surface area contributed by atoms with Gasteiger partial charge in [-0.25, -0.2) is 0 Å². The van der Waals surface area contributed by atoms with Crippen LogP contribution in [0.4, 0.5) is 0 Å². The normalized spacial score (nSPS) is 25.5. The van der Waals surface area contributed by atoms with E-state index < -0.39 is 5.60 Å². The third-order valence-corrected chi connectivity index (χ3v) is 4.53. The molecule has 2 aromatic rings. The quantitative estimate of drug-likeness (QED) is 0.864. The molecular formula is C19H20O2. The minimum absolute atomic E-state index is 0.0571. The third kappa shape index (κ3) is 2.64. The number of aliphatic hydroxyl groups is 1. The molecule has 0 aliphatic heterocycles. The minimum atomic E-state index is -1.04. The van der Waals surface area contributed by atoms with Gasteiger partial charge in [-0.05, 0) is 18.4 Å². The highest BCUT2D eigenvalue weighted by Gasteiger charge is 2.44. The lowest BCUT2D eigenvalue weighted by Gasteiger charge is -2.39. The monoisotopic (exact) mass is 280 g/mol. The topological polar surface area (TPSA) is 37.3 Å². The molecule has 0 radical (unpaired) electrons. The van der Waals surface area contributed by atoms with E-state index in [4.69, 9.17) is 0 Å². The molecule has 1 aliphatic carbocycles. The van der Waals surface area contributed by atoms with Crippen molar-refractivity contribution >= 4 is 5.78 Å². The van der Waals surface area contributed by atoms with Gasteiger partial charge in [-0.3, -0.25) is 4.79 Å². The lowest BCUT2D eigenvalue weighted by molar-refractivity contribution is -0.0418. The number of benzene rings is 2. The standard InChI is InChI=1S/C19H20O2/c20-18(15-9-3-1-4-10-15)17-13-7-8-14-19(17,21)16-11-5-2-6-12-16/h1-6,9-12,17,21H,7-8,13-14H2. The van der Waals surface area contributed by atoms with Crippen LogP contribution in [-0.4, -0.2) is 10.9 Å². The fourth-order valence-electron chi connectivity index (χ4n) is 3.38. The Kier molecular flexibility index (Phi) is 3.89. The Hall–Kier alpha value is -1.93. The van der Waals surface area contributed by atoms with E-state index >= 15 is 0 Å². The van der Waals surface area contributed by atoms with E-state index in [0.717, 1.165) is 24.8 Å². The molecule has 1 aliphatic rings. The molecule has 108 valence electrons. The molecule has 2 atom stereocenters. The van der Waals surface area contributed by atoms with E-state index in [9.17, 15) is 9.90 Å². The van der Waals surface area contributed by atoms with Gasteiger partial charge in [-0.2, -0.15) is 0 Å². The van der Waals surface area contributed by atoms with Crippen LogP contribution < -0.4 is 0 Å². The first kappa shape index (κ1) is 14.0. The Morgan fingerprint density at radius 1 is 0.952 bits per heavy atom. The number of hydrogen-bond donors (Lipinski definition) is 1. The van der Waals surface area contributed by atoms with Gasteiger partial charge in [0.25, 0.3) is 0 Å². The van der Waals surface area contributed by atoms with Crippen molar-refractivity contribution in [3.05, 3.63) is 71.8 Å². The molecule has 1 saturated carbocycles. The molecule has 1 N–H and O–H groups in total. The van der Waals surface area contributed by atoms with Gasteiger partial charge in [0, 0.05) is 5.56 Å². The van der Waals surface area contributed by atoms with Crippen LogP contribution in [0.15, 0.2) is 60.7 Å². The van der Waals surface area contributed by atoms with Gasteiger partial charge in [0.15, 0.2) is 5.78 Å². The molecule has 1 fully saturated rings. The van der Waals surface area contributed by atoms with Gasteiger partial charge in [0.1, 0.15) is 0 Å². The summed E-state index contributed by atoms with van der Waals surface area (Å²) in [5.74, 6) is -0.294. The summed E-state index contributed by atoms with van der Waals surface area (Å²) in [5, 5.41) is 11.2. The minimum Gasteiger partial charge on any atom is -0.384 e. The molecular weight excluding hydrogens is 260 g/mol. The van der Waals surface area contributed by atoms with Gasteiger partial charge in [0.05, 0.1) is 11.5 Å². The Labute approximate surface area is 125 Å². The first-order chi connectivity index (χ1) is 10.2. The van der Waals surface area contributed by atoms with Crippen LogP contribution >= 0.6 is 0 Å². The fraction of sp³-hybridized carbons (Fsp3) is 0.316. The van der Waals surface area contributed by atoms with Crippen molar-refractivity contribution in [2.24, 2.45) is 5.92 Å². The van der Waals surface area contributed by atoms with Gasteiger partial charge < -0.3 is 5.11 Å². The average Bonchev–Trinajstić information content (AvgIpc) is 2.56. The summed E-state index contributed by atoms with van der Waals surface area (Å²) in [6, 6.07) is 19.0. The second-order valence-corrected chi connectivity index (χ2v) is 5.82. The van der Waals surface area contributed by atoms with Crippen LogP contribution in [0.25, 0.3) is 0 Å². The van der Waals surface area contributed by atoms with Crippen molar-refractivity contribution in [3.8, 4) is 0 Å². The van der Waals surface area contributed by atoms with E-state index in [1.165, 1.54) is 0 Å². The van der Waals surface area contributed by atoms with Gasteiger partial charge in [-0.1, -0.05) is 73.5 Å². The highest BCUT2D eigenvalue weighted by molar-refractivity contribution is 5.98. The number of hydrogen-bond acceptors (Lipinski definition) is 2. The lowest BCUT2D eigenvalue weighted by Crippen LogP contribution is -2.42. The molecule has 0 amide bonds. The van der Waals surface area contributed by atoms with E-state index in [1.807, 2.05) is 60.7 Å². The summed E-state index contributed by atoms with van der Waals surface area (Å²) in [4.78, 5) is 12.8. The highest BCUT2D eigenvalue weighted by atomic mass is 16.3. The van der Waals surface area contributed by atoms with Crippen molar-refractivity contribution in [2.75, 3.05) is 0 Å². The summed E-state index contributed by atoms with van der Waals surface area (Å²) in [5.41, 5.74) is 0.518. The average molecular weight is 280 g/mol. The molecule has 2 nitrogen and oxygen atoms in total. The largest absolute Gasteiger partial charge is 0.384 e. The van der Waals surface area contributed by atoms with Crippen LogP contribution in [0.2, 0.25) is 0 Å². The van der Waals surface area contributed by atoms with Crippen molar-refractivity contribution in [3.63, 3.8) is 0 Å². The highest BCUT2D eigenvalue weighted by Crippen LogP contribution is 2.43. The van der Waals surface area contributed by atoms with E-state index in [0.29, 0.717) is 12.0 Å². The zero-order valence-electron chi connectivity index (χ0n) is 12.0. The summed E-state index contributed by atoms with van der Waals surface area (Å²) in [6.45, 7) is 0. The number of carbonyl (C=O) groups is 1.